The zero-order chi connectivity index (χ0) is 29.1. The lowest BCUT2D eigenvalue weighted by Crippen LogP contribution is -2.59. The van der Waals surface area contributed by atoms with Gasteiger partial charge in [0.25, 0.3) is 15.9 Å². The van der Waals surface area contributed by atoms with Crippen molar-refractivity contribution < 1.29 is 41.1 Å². The minimum atomic E-state index is -4.87. The van der Waals surface area contributed by atoms with Crippen LogP contribution in [0.5, 0.6) is 5.75 Å². The number of amides is 2. The van der Waals surface area contributed by atoms with Crippen molar-refractivity contribution in [3.05, 3.63) is 58.1 Å². The van der Waals surface area contributed by atoms with Gasteiger partial charge in [0.1, 0.15) is 17.8 Å². The standard InChI is InChI=1S/C23H25Cl2N3O9S2/c1-27(2)23(32)37-15-5-3-14(4-6-15)11-20(22(30)31)28(21(29)19-13-38(33,34)10-9-26-19)39(35,36)16-7-8-17(24)18(25)12-16/h3-8,12,19-20,26H,9-11,13H2,1-2H3,(H,30,31)/t19?,20-/m0/s1. The van der Waals surface area contributed by atoms with Gasteiger partial charge in [-0.1, -0.05) is 35.3 Å². The SMILES string of the molecule is CN(C)C(=O)Oc1ccc(C[C@@H](C(=O)O)N(C(=O)C2CS(=O)(=O)CCN2)S(=O)(=O)c2ccc(Cl)c(Cl)c2)cc1. The van der Waals surface area contributed by atoms with Gasteiger partial charge in [0.2, 0.25) is 0 Å². The van der Waals surface area contributed by atoms with Crippen LogP contribution < -0.4 is 10.1 Å². The highest BCUT2D eigenvalue weighted by molar-refractivity contribution is 7.91. The third-order valence-electron chi connectivity index (χ3n) is 5.68. The summed E-state index contributed by atoms with van der Waals surface area (Å²) in [4.78, 5) is 38.4. The van der Waals surface area contributed by atoms with Crippen molar-refractivity contribution in [1.29, 1.82) is 0 Å². The second kappa shape index (κ2) is 12.1. The number of carbonyl (C=O) groups excluding carboxylic acids is 2. The number of carbonyl (C=O) groups is 3. The molecule has 2 amide bonds. The molecule has 0 saturated carbocycles. The Bertz CT molecular complexity index is 1480. The summed E-state index contributed by atoms with van der Waals surface area (Å²) in [5, 5.41) is 12.6. The lowest BCUT2D eigenvalue weighted by molar-refractivity contribution is -0.146. The second-order valence-corrected chi connectivity index (χ2v) is 13.7. The van der Waals surface area contributed by atoms with E-state index in [0.717, 1.165) is 12.1 Å². The average molecular weight is 623 g/mol. The highest BCUT2D eigenvalue weighted by atomic mass is 35.5. The van der Waals surface area contributed by atoms with Gasteiger partial charge >= 0.3 is 12.1 Å². The Balaban J connectivity index is 2.04. The molecule has 1 saturated heterocycles. The van der Waals surface area contributed by atoms with Crippen LogP contribution in [0.3, 0.4) is 0 Å². The Hall–Kier alpha value is -2.91. The van der Waals surface area contributed by atoms with Crippen LogP contribution in [0.15, 0.2) is 47.4 Å². The van der Waals surface area contributed by atoms with Crippen LogP contribution in [0.25, 0.3) is 0 Å². The molecule has 212 valence electrons. The summed E-state index contributed by atoms with van der Waals surface area (Å²) in [6, 6.07) is 5.30. The second-order valence-electron chi connectivity index (χ2n) is 8.80. The number of halogens is 2. The first-order chi connectivity index (χ1) is 18.1. The minimum absolute atomic E-state index is 0.0263. The van der Waals surface area contributed by atoms with E-state index >= 15 is 0 Å². The molecule has 16 heteroatoms. The largest absolute Gasteiger partial charge is 0.480 e. The Morgan fingerprint density at radius 2 is 1.74 bits per heavy atom. The predicted octanol–water partition coefficient (Wildman–Crippen LogP) is 1.65. The number of carboxylic acid groups (broad SMARTS) is 1. The van der Waals surface area contributed by atoms with Gasteiger partial charge in [0.15, 0.2) is 9.84 Å². The Morgan fingerprint density at radius 1 is 1.10 bits per heavy atom. The zero-order valence-electron chi connectivity index (χ0n) is 20.7. The zero-order valence-corrected chi connectivity index (χ0v) is 23.8. The molecule has 2 aromatic rings. The first kappa shape index (κ1) is 30.6. The molecule has 3 rings (SSSR count). The highest BCUT2D eigenvalue weighted by Crippen LogP contribution is 2.29. The lowest BCUT2D eigenvalue weighted by atomic mass is 10.1. The van der Waals surface area contributed by atoms with Crippen LogP contribution in [-0.2, 0) is 35.9 Å². The Morgan fingerprint density at radius 3 is 2.28 bits per heavy atom. The molecule has 39 heavy (non-hydrogen) atoms. The van der Waals surface area contributed by atoms with E-state index < -0.39 is 67.0 Å². The van der Waals surface area contributed by atoms with E-state index in [1.54, 1.807) is 0 Å². The molecule has 2 N–H and O–H groups in total. The molecule has 0 spiro atoms. The van der Waals surface area contributed by atoms with Gasteiger partial charge < -0.3 is 20.1 Å². The Kier molecular flexibility index (Phi) is 9.49. The summed E-state index contributed by atoms with van der Waals surface area (Å²) in [6.07, 6.45) is -1.13. The summed E-state index contributed by atoms with van der Waals surface area (Å²) in [5.74, 6) is -3.74. The van der Waals surface area contributed by atoms with Crippen molar-refractivity contribution in [2.45, 2.75) is 23.4 Å². The van der Waals surface area contributed by atoms with E-state index in [4.69, 9.17) is 27.9 Å². The van der Waals surface area contributed by atoms with Crippen molar-refractivity contribution in [2.24, 2.45) is 0 Å². The van der Waals surface area contributed by atoms with Crippen LogP contribution in [0, 0.1) is 0 Å². The molecule has 1 aliphatic rings. The molecule has 0 aromatic heterocycles. The smallest absolute Gasteiger partial charge is 0.414 e. The number of hydrogen-bond donors (Lipinski definition) is 2. The maximum Gasteiger partial charge on any atom is 0.414 e. The third kappa shape index (κ3) is 7.39. The number of sulfonamides is 1. The fourth-order valence-electron chi connectivity index (χ4n) is 3.67. The van der Waals surface area contributed by atoms with Crippen molar-refractivity contribution in [3.8, 4) is 5.75 Å². The number of benzene rings is 2. The molecule has 0 bridgehead atoms. The van der Waals surface area contributed by atoms with E-state index in [2.05, 4.69) is 5.32 Å². The summed E-state index contributed by atoms with van der Waals surface area (Å²) in [7, 11) is -5.60. The number of nitrogens with zero attached hydrogens (tertiary/aromatic N) is 2. The maximum atomic E-state index is 13.7. The summed E-state index contributed by atoms with van der Waals surface area (Å²) in [5.41, 5.74) is 0.290. The van der Waals surface area contributed by atoms with Gasteiger partial charge in [0.05, 0.1) is 26.4 Å². The molecule has 2 aromatic carbocycles. The number of sulfone groups is 1. The molecule has 1 unspecified atom stereocenters. The fraction of sp³-hybridized carbons (Fsp3) is 0.348. The van der Waals surface area contributed by atoms with Crippen LogP contribution in [0.4, 0.5) is 4.79 Å². The lowest BCUT2D eigenvalue weighted by Gasteiger charge is -2.33. The molecule has 0 aliphatic carbocycles. The number of ether oxygens (including phenoxy) is 1. The van der Waals surface area contributed by atoms with Crippen molar-refractivity contribution in [2.75, 3.05) is 32.1 Å². The minimum Gasteiger partial charge on any atom is -0.480 e. The van der Waals surface area contributed by atoms with Crippen molar-refractivity contribution in [1.82, 2.24) is 14.5 Å². The van der Waals surface area contributed by atoms with E-state index in [1.165, 1.54) is 49.3 Å². The molecule has 12 nitrogen and oxygen atoms in total. The van der Waals surface area contributed by atoms with E-state index in [0.29, 0.717) is 5.56 Å². The van der Waals surface area contributed by atoms with Crippen LogP contribution in [0.1, 0.15) is 5.56 Å². The van der Waals surface area contributed by atoms with Crippen LogP contribution in [-0.4, -0.2) is 93.3 Å². The van der Waals surface area contributed by atoms with Gasteiger partial charge in [-0.3, -0.25) is 4.79 Å². The number of aliphatic carboxylic acids is 1. The van der Waals surface area contributed by atoms with Crippen LogP contribution in [0.2, 0.25) is 10.0 Å². The summed E-state index contributed by atoms with van der Waals surface area (Å²) < 4.78 is 57.1. The molecule has 1 fully saturated rings. The fourth-order valence-corrected chi connectivity index (χ4v) is 6.99. The Labute approximate surface area is 235 Å². The maximum absolute atomic E-state index is 13.7. The number of rotatable bonds is 8. The first-order valence-corrected chi connectivity index (χ1v) is 15.3. The molecular formula is C23H25Cl2N3O9S2. The van der Waals surface area contributed by atoms with Gasteiger partial charge in [-0.15, -0.1) is 0 Å². The molecule has 2 atom stereocenters. The molecule has 1 heterocycles. The monoisotopic (exact) mass is 621 g/mol. The average Bonchev–Trinajstić information content (AvgIpc) is 2.85. The van der Waals surface area contributed by atoms with E-state index in [-0.39, 0.29) is 32.4 Å². The molecular weight excluding hydrogens is 597 g/mol. The van der Waals surface area contributed by atoms with E-state index in [1.807, 2.05) is 0 Å². The highest BCUT2D eigenvalue weighted by Gasteiger charge is 2.44. The third-order valence-corrected chi connectivity index (χ3v) is 9.89. The van der Waals surface area contributed by atoms with Gasteiger partial charge in [-0.2, -0.15) is 0 Å². The molecule has 1 aliphatic heterocycles. The quantitative estimate of drug-likeness (QED) is 0.442. The van der Waals surface area contributed by atoms with Crippen molar-refractivity contribution in [3.63, 3.8) is 0 Å². The summed E-state index contributed by atoms with van der Waals surface area (Å²) >= 11 is 11.9. The van der Waals surface area contributed by atoms with Gasteiger partial charge in [0, 0.05) is 27.1 Å². The summed E-state index contributed by atoms with van der Waals surface area (Å²) in [6.45, 7) is -0.121. The number of hydrogen-bond acceptors (Lipinski definition) is 9. The topological polar surface area (TPSA) is 167 Å². The number of carboxylic acids is 1. The molecule has 0 radical (unpaired) electrons. The number of nitrogens with one attached hydrogen (secondary N) is 1. The van der Waals surface area contributed by atoms with E-state index in [9.17, 15) is 36.3 Å². The normalized spacial score (nSPS) is 17.6. The van der Waals surface area contributed by atoms with Crippen molar-refractivity contribution >= 4 is 61.0 Å². The predicted molar refractivity (Wildman–Crippen MR) is 142 cm³/mol. The van der Waals surface area contributed by atoms with Gasteiger partial charge in [-0.05, 0) is 35.9 Å². The van der Waals surface area contributed by atoms with Gasteiger partial charge in [-0.25, -0.2) is 30.7 Å². The van der Waals surface area contributed by atoms with Crippen LogP contribution >= 0.6 is 23.2 Å². The first-order valence-electron chi connectivity index (χ1n) is 11.3.